The number of morpholine rings is 1. The van der Waals surface area contributed by atoms with E-state index in [1.807, 2.05) is 6.92 Å². The van der Waals surface area contributed by atoms with Crippen LogP contribution in [0.25, 0.3) is 0 Å². The minimum absolute atomic E-state index is 0.239. The van der Waals surface area contributed by atoms with Gasteiger partial charge in [0.15, 0.2) is 0 Å². The highest BCUT2D eigenvalue weighted by Crippen LogP contribution is 2.13. The van der Waals surface area contributed by atoms with Crippen LogP contribution in [0.4, 0.5) is 0 Å². The van der Waals surface area contributed by atoms with Gasteiger partial charge in [-0.1, -0.05) is 13.8 Å². The molecule has 5 nitrogen and oxygen atoms in total. The van der Waals surface area contributed by atoms with Crippen molar-refractivity contribution in [2.75, 3.05) is 32.8 Å². The quantitative estimate of drug-likeness (QED) is 0.711. The minimum atomic E-state index is -0.869. The van der Waals surface area contributed by atoms with Crippen LogP contribution < -0.4 is 5.32 Å². The summed E-state index contributed by atoms with van der Waals surface area (Å²) in [6, 6.07) is 0. The fourth-order valence-corrected chi connectivity index (χ4v) is 2.22. The van der Waals surface area contributed by atoms with E-state index in [1.165, 1.54) is 0 Å². The van der Waals surface area contributed by atoms with Crippen LogP contribution in [0.5, 0.6) is 0 Å². The second kappa shape index (κ2) is 7.07. The molecule has 2 unspecified atom stereocenters. The van der Waals surface area contributed by atoms with Crippen molar-refractivity contribution in [1.82, 2.24) is 10.2 Å². The SMILES string of the molecule is CCCNC(C)(CN1CCOC(CC)C1)C(=O)O. The Morgan fingerprint density at radius 2 is 2.28 bits per heavy atom. The van der Waals surface area contributed by atoms with E-state index in [0.29, 0.717) is 13.2 Å². The van der Waals surface area contributed by atoms with Crippen LogP contribution in [-0.2, 0) is 9.53 Å². The molecule has 5 heteroatoms. The number of hydrogen-bond acceptors (Lipinski definition) is 4. The van der Waals surface area contributed by atoms with Gasteiger partial charge in [-0.05, 0) is 26.3 Å². The molecule has 1 fully saturated rings. The number of aliphatic carboxylic acids is 1. The maximum atomic E-state index is 11.4. The summed E-state index contributed by atoms with van der Waals surface area (Å²) in [4.78, 5) is 13.6. The molecule has 0 saturated carbocycles. The Morgan fingerprint density at radius 3 is 2.83 bits per heavy atom. The van der Waals surface area contributed by atoms with Gasteiger partial charge in [-0.15, -0.1) is 0 Å². The summed E-state index contributed by atoms with van der Waals surface area (Å²) in [6.07, 6.45) is 2.15. The van der Waals surface area contributed by atoms with Crippen molar-refractivity contribution in [3.63, 3.8) is 0 Å². The zero-order valence-electron chi connectivity index (χ0n) is 11.7. The van der Waals surface area contributed by atoms with E-state index >= 15 is 0 Å². The largest absolute Gasteiger partial charge is 0.480 e. The number of ether oxygens (including phenoxy) is 1. The summed E-state index contributed by atoms with van der Waals surface area (Å²) in [6.45, 7) is 9.49. The van der Waals surface area contributed by atoms with Crippen molar-refractivity contribution in [2.24, 2.45) is 0 Å². The molecule has 0 aromatic rings. The lowest BCUT2D eigenvalue weighted by Gasteiger charge is -2.37. The first-order valence-electron chi connectivity index (χ1n) is 6.84. The Balaban J connectivity index is 2.57. The summed E-state index contributed by atoms with van der Waals surface area (Å²) in [7, 11) is 0. The summed E-state index contributed by atoms with van der Waals surface area (Å²) in [5.41, 5.74) is -0.869. The molecule has 0 spiro atoms. The number of carboxylic acid groups (broad SMARTS) is 1. The van der Waals surface area contributed by atoms with Crippen LogP contribution in [0.15, 0.2) is 0 Å². The van der Waals surface area contributed by atoms with Crippen LogP contribution in [0, 0.1) is 0 Å². The van der Waals surface area contributed by atoms with Gasteiger partial charge in [-0.25, -0.2) is 0 Å². The Labute approximate surface area is 109 Å². The number of nitrogens with zero attached hydrogens (tertiary/aromatic N) is 1. The zero-order valence-corrected chi connectivity index (χ0v) is 11.7. The van der Waals surface area contributed by atoms with Crippen molar-refractivity contribution < 1.29 is 14.6 Å². The number of carbonyl (C=O) groups is 1. The predicted molar refractivity (Wildman–Crippen MR) is 70.8 cm³/mol. The standard InChI is InChI=1S/C13H26N2O3/c1-4-6-14-13(3,12(16)17)10-15-7-8-18-11(5-2)9-15/h11,14H,4-10H2,1-3H3,(H,16,17). The van der Waals surface area contributed by atoms with Gasteiger partial charge in [-0.3, -0.25) is 9.69 Å². The van der Waals surface area contributed by atoms with Crippen molar-refractivity contribution in [1.29, 1.82) is 0 Å². The second-order valence-electron chi connectivity index (χ2n) is 5.20. The normalized spacial score (nSPS) is 24.7. The van der Waals surface area contributed by atoms with Gasteiger partial charge in [0.2, 0.25) is 0 Å². The van der Waals surface area contributed by atoms with Crippen molar-refractivity contribution >= 4 is 5.97 Å². The number of rotatable bonds is 7. The van der Waals surface area contributed by atoms with E-state index in [2.05, 4.69) is 17.1 Å². The van der Waals surface area contributed by atoms with E-state index in [9.17, 15) is 9.90 Å². The highest BCUT2D eigenvalue weighted by molar-refractivity contribution is 5.78. The molecule has 18 heavy (non-hydrogen) atoms. The molecule has 106 valence electrons. The van der Waals surface area contributed by atoms with Crippen LogP contribution >= 0.6 is 0 Å². The van der Waals surface area contributed by atoms with E-state index in [1.54, 1.807) is 6.92 Å². The lowest BCUT2D eigenvalue weighted by molar-refractivity contribution is -0.146. The molecule has 1 rings (SSSR count). The smallest absolute Gasteiger partial charge is 0.324 e. The average Bonchev–Trinajstić information content (AvgIpc) is 2.36. The Hall–Kier alpha value is -0.650. The van der Waals surface area contributed by atoms with E-state index in [-0.39, 0.29) is 6.10 Å². The summed E-state index contributed by atoms with van der Waals surface area (Å²) < 4.78 is 5.60. The van der Waals surface area contributed by atoms with Gasteiger partial charge in [0.05, 0.1) is 12.7 Å². The Bertz CT molecular complexity index is 273. The van der Waals surface area contributed by atoms with E-state index < -0.39 is 11.5 Å². The molecule has 0 amide bonds. The first kappa shape index (κ1) is 15.4. The van der Waals surface area contributed by atoms with Crippen LogP contribution in [0.3, 0.4) is 0 Å². The molecule has 2 N–H and O–H groups in total. The number of carboxylic acids is 1. The number of hydrogen-bond donors (Lipinski definition) is 2. The minimum Gasteiger partial charge on any atom is -0.480 e. The molecule has 0 bridgehead atoms. The molecule has 0 aromatic carbocycles. The fraction of sp³-hybridized carbons (Fsp3) is 0.923. The fourth-order valence-electron chi connectivity index (χ4n) is 2.22. The highest BCUT2D eigenvalue weighted by atomic mass is 16.5. The van der Waals surface area contributed by atoms with Gasteiger partial charge in [0, 0.05) is 19.6 Å². The third-order valence-electron chi connectivity index (χ3n) is 3.46. The summed E-state index contributed by atoms with van der Waals surface area (Å²) >= 11 is 0. The molecular weight excluding hydrogens is 232 g/mol. The van der Waals surface area contributed by atoms with E-state index in [4.69, 9.17) is 4.74 Å². The van der Waals surface area contributed by atoms with Crippen molar-refractivity contribution in [3.05, 3.63) is 0 Å². The van der Waals surface area contributed by atoms with Crippen LogP contribution in [-0.4, -0.2) is 60.4 Å². The van der Waals surface area contributed by atoms with Gasteiger partial charge in [0.25, 0.3) is 0 Å². The van der Waals surface area contributed by atoms with Gasteiger partial charge >= 0.3 is 5.97 Å². The maximum Gasteiger partial charge on any atom is 0.324 e. The predicted octanol–water partition coefficient (Wildman–Crippen LogP) is 0.940. The van der Waals surface area contributed by atoms with Gasteiger partial charge < -0.3 is 15.2 Å². The Kier molecular flexibility index (Phi) is 6.05. The lowest BCUT2D eigenvalue weighted by Crippen LogP contribution is -2.59. The molecule has 1 aliphatic rings. The number of nitrogens with one attached hydrogen (secondary N) is 1. The van der Waals surface area contributed by atoms with Crippen LogP contribution in [0.1, 0.15) is 33.6 Å². The van der Waals surface area contributed by atoms with E-state index in [0.717, 1.165) is 32.5 Å². The maximum absolute atomic E-state index is 11.4. The van der Waals surface area contributed by atoms with Crippen molar-refractivity contribution in [2.45, 2.75) is 45.3 Å². The van der Waals surface area contributed by atoms with Crippen LogP contribution in [0.2, 0.25) is 0 Å². The molecule has 1 saturated heterocycles. The topological polar surface area (TPSA) is 61.8 Å². The Morgan fingerprint density at radius 1 is 1.56 bits per heavy atom. The van der Waals surface area contributed by atoms with Gasteiger partial charge in [0.1, 0.15) is 5.54 Å². The molecular formula is C13H26N2O3. The zero-order chi connectivity index (χ0) is 13.6. The molecule has 1 heterocycles. The first-order chi connectivity index (χ1) is 8.51. The lowest BCUT2D eigenvalue weighted by atomic mass is 10.0. The first-order valence-corrected chi connectivity index (χ1v) is 6.84. The molecule has 1 aliphatic heterocycles. The second-order valence-corrected chi connectivity index (χ2v) is 5.20. The molecule has 0 aliphatic carbocycles. The average molecular weight is 258 g/mol. The third kappa shape index (κ3) is 4.23. The summed E-state index contributed by atoms with van der Waals surface area (Å²) in [5, 5.41) is 12.5. The molecule has 2 atom stereocenters. The van der Waals surface area contributed by atoms with Gasteiger partial charge in [-0.2, -0.15) is 0 Å². The monoisotopic (exact) mass is 258 g/mol. The molecule has 0 aromatic heterocycles. The highest BCUT2D eigenvalue weighted by Gasteiger charge is 2.35. The van der Waals surface area contributed by atoms with Crippen molar-refractivity contribution in [3.8, 4) is 0 Å². The summed E-state index contributed by atoms with van der Waals surface area (Å²) in [5.74, 6) is -0.782. The third-order valence-corrected chi connectivity index (χ3v) is 3.46. The molecule has 0 radical (unpaired) electrons.